The van der Waals surface area contributed by atoms with Gasteiger partial charge in [-0.3, -0.25) is 9.59 Å². The van der Waals surface area contributed by atoms with Gasteiger partial charge in [0.15, 0.2) is 5.78 Å². The molecule has 0 radical (unpaired) electrons. The first-order valence-electron chi connectivity index (χ1n) is 16.5. The maximum Gasteiger partial charge on any atom is 0.210 e. The van der Waals surface area contributed by atoms with E-state index in [1.54, 1.807) is 0 Å². The number of hydrogen-bond acceptors (Lipinski definition) is 3. The van der Waals surface area contributed by atoms with Crippen LogP contribution in [0, 0.1) is 11.8 Å². The zero-order valence-electron chi connectivity index (χ0n) is 26.1. The van der Waals surface area contributed by atoms with Crippen molar-refractivity contribution in [1.82, 2.24) is 9.30 Å². The molecule has 4 nitrogen and oxygen atoms in total. The van der Waals surface area contributed by atoms with Crippen LogP contribution in [-0.4, -0.2) is 40.5 Å². The third-order valence-corrected chi connectivity index (χ3v) is 9.16. The molecule has 0 saturated heterocycles. The molecule has 4 heteroatoms. The highest BCUT2D eigenvalue weighted by atomic mass is 16.1. The van der Waals surface area contributed by atoms with Crippen molar-refractivity contribution in [2.24, 2.45) is 11.8 Å². The number of aryl methyl sites for hydroxylation is 2. The zero-order chi connectivity index (χ0) is 29.2. The minimum Gasteiger partial charge on any atom is -0.313 e. The monoisotopic (exact) mass is 556 g/mol. The van der Waals surface area contributed by atoms with Crippen LogP contribution >= 0.6 is 0 Å². The number of hydrogen-bond donors (Lipinski definition) is 0. The van der Waals surface area contributed by atoms with Crippen LogP contribution in [0.3, 0.4) is 0 Å². The van der Waals surface area contributed by atoms with Crippen molar-refractivity contribution in [1.29, 1.82) is 0 Å². The molecule has 2 aromatic heterocycles. The van der Waals surface area contributed by atoms with Gasteiger partial charge in [0.25, 0.3) is 0 Å². The number of pyridine rings is 1. The molecule has 1 aromatic carbocycles. The number of Topliss-reactive ketones (excluding diaryl/α,β-unsaturated/α-hetero) is 1. The summed E-state index contributed by atoms with van der Waals surface area (Å²) in [7, 11) is 0. The van der Waals surface area contributed by atoms with E-state index in [0.29, 0.717) is 5.92 Å². The molecule has 0 spiro atoms. The minimum atomic E-state index is 0.0662. The Balaban J connectivity index is 1.49. The standard InChI is InChI=1S/C37H52N2O2/c1-5-8-15-31-26-33-27-32(36(40)34-16-11-13-28(34)4)21-25-39(33)35(31)37(41)30-19-17-29(18-20-30)14-12-24-38(22-9-6-2)23-10-7-3/h17-21,25-28,34H,5-16,22-24H2,1-4H3/t28-,34?/m1/s1. The Morgan fingerprint density at radius 2 is 1.49 bits per heavy atom. The van der Waals surface area contributed by atoms with Crippen LogP contribution in [0.1, 0.15) is 129 Å². The van der Waals surface area contributed by atoms with E-state index in [0.717, 1.165) is 85.8 Å². The summed E-state index contributed by atoms with van der Waals surface area (Å²) in [5.41, 5.74) is 5.59. The molecule has 0 bridgehead atoms. The van der Waals surface area contributed by atoms with Crippen LogP contribution in [-0.2, 0) is 12.8 Å². The Kier molecular flexibility index (Phi) is 11.8. The van der Waals surface area contributed by atoms with E-state index in [4.69, 9.17) is 0 Å². The molecule has 2 atom stereocenters. The average molecular weight is 557 g/mol. The van der Waals surface area contributed by atoms with Crippen molar-refractivity contribution >= 4 is 17.1 Å². The fraction of sp³-hybridized carbons (Fsp3) is 0.568. The van der Waals surface area contributed by atoms with Gasteiger partial charge in [0.05, 0.1) is 5.69 Å². The summed E-state index contributed by atoms with van der Waals surface area (Å²) in [6, 6.07) is 14.3. The number of rotatable bonds is 17. The Hall–Kier alpha value is -2.72. The van der Waals surface area contributed by atoms with Gasteiger partial charge >= 0.3 is 0 Å². The Labute approximate surface area is 248 Å². The van der Waals surface area contributed by atoms with Gasteiger partial charge in [0, 0.05) is 28.8 Å². The second kappa shape index (κ2) is 15.5. The summed E-state index contributed by atoms with van der Waals surface area (Å²) in [6.07, 6.45) is 15.4. The third kappa shape index (κ3) is 7.97. The smallest absolute Gasteiger partial charge is 0.210 e. The summed E-state index contributed by atoms with van der Waals surface area (Å²) < 4.78 is 2.01. The largest absolute Gasteiger partial charge is 0.313 e. The van der Waals surface area contributed by atoms with Crippen LogP contribution in [0.5, 0.6) is 0 Å². The predicted molar refractivity (Wildman–Crippen MR) is 171 cm³/mol. The van der Waals surface area contributed by atoms with Gasteiger partial charge in [-0.25, -0.2) is 0 Å². The lowest BCUT2D eigenvalue weighted by Crippen LogP contribution is -2.27. The lowest BCUT2D eigenvalue weighted by Gasteiger charge is -2.21. The van der Waals surface area contributed by atoms with Gasteiger partial charge in [-0.1, -0.05) is 77.6 Å². The van der Waals surface area contributed by atoms with Crippen LogP contribution < -0.4 is 0 Å². The zero-order valence-corrected chi connectivity index (χ0v) is 26.1. The molecule has 0 amide bonds. The van der Waals surface area contributed by atoms with Crippen molar-refractivity contribution < 1.29 is 9.59 Å². The number of unbranched alkanes of at least 4 members (excludes halogenated alkanes) is 3. The topological polar surface area (TPSA) is 41.8 Å². The summed E-state index contributed by atoms with van der Waals surface area (Å²) in [5, 5.41) is 0. The van der Waals surface area contributed by atoms with Crippen molar-refractivity contribution in [2.75, 3.05) is 19.6 Å². The van der Waals surface area contributed by atoms with Gasteiger partial charge in [0.1, 0.15) is 0 Å². The average Bonchev–Trinajstić information content (AvgIpc) is 3.59. The maximum atomic E-state index is 13.9. The first kappa shape index (κ1) is 31.2. The van der Waals surface area contributed by atoms with Crippen LogP contribution in [0.4, 0.5) is 0 Å². The van der Waals surface area contributed by atoms with Crippen molar-refractivity contribution in [2.45, 2.75) is 105 Å². The van der Waals surface area contributed by atoms with Crippen LogP contribution in [0.25, 0.3) is 5.52 Å². The van der Waals surface area contributed by atoms with E-state index in [-0.39, 0.29) is 17.5 Å². The van der Waals surface area contributed by atoms with Crippen LogP contribution in [0.15, 0.2) is 48.7 Å². The predicted octanol–water partition coefficient (Wildman–Crippen LogP) is 8.97. The number of carbonyl (C=O) groups is 2. The molecule has 222 valence electrons. The SMILES string of the molecule is CCCCc1cc2cc(C(=O)C3CCC[C@H]3C)ccn2c1C(=O)c1ccc(CCCN(CCCC)CCCC)cc1. The van der Waals surface area contributed by atoms with Gasteiger partial charge in [-0.15, -0.1) is 0 Å². The molecule has 41 heavy (non-hydrogen) atoms. The summed E-state index contributed by atoms with van der Waals surface area (Å²) >= 11 is 0. The number of nitrogens with zero attached hydrogens (tertiary/aromatic N) is 2. The van der Waals surface area contributed by atoms with E-state index in [1.165, 1.54) is 44.3 Å². The highest BCUT2D eigenvalue weighted by molar-refractivity contribution is 6.10. The van der Waals surface area contributed by atoms with E-state index in [2.05, 4.69) is 50.8 Å². The maximum absolute atomic E-state index is 13.9. The highest BCUT2D eigenvalue weighted by Gasteiger charge is 2.30. The molecular formula is C37H52N2O2. The molecule has 1 unspecified atom stereocenters. The van der Waals surface area contributed by atoms with Crippen molar-refractivity contribution in [3.8, 4) is 0 Å². The molecule has 1 aliphatic carbocycles. The lowest BCUT2D eigenvalue weighted by molar-refractivity contribution is 0.0897. The van der Waals surface area contributed by atoms with Crippen molar-refractivity contribution in [3.05, 3.63) is 76.6 Å². The van der Waals surface area contributed by atoms with Crippen molar-refractivity contribution in [3.63, 3.8) is 0 Å². The number of ketones is 2. The second-order valence-corrected chi connectivity index (χ2v) is 12.4. The number of fused-ring (bicyclic) bond motifs is 1. The minimum absolute atomic E-state index is 0.0662. The Bertz CT molecular complexity index is 1260. The van der Waals surface area contributed by atoms with Gasteiger partial charge in [0.2, 0.25) is 5.78 Å². The first-order valence-corrected chi connectivity index (χ1v) is 16.5. The van der Waals surface area contributed by atoms with Gasteiger partial charge in [-0.2, -0.15) is 0 Å². The highest BCUT2D eigenvalue weighted by Crippen LogP contribution is 2.34. The summed E-state index contributed by atoms with van der Waals surface area (Å²) in [4.78, 5) is 29.8. The molecule has 0 N–H and O–H groups in total. The van der Waals surface area contributed by atoms with Gasteiger partial charge < -0.3 is 9.30 Å². The van der Waals surface area contributed by atoms with E-state index in [9.17, 15) is 9.59 Å². The number of aromatic nitrogens is 1. The molecule has 4 rings (SSSR count). The number of carbonyl (C=O) groups excluding carboxylic acids is 2. The second-order valence-electron chi connectivity index (χ2n) is 12.4. The van der Waals surface area contributed by atoms with E-state index in [1.807, 2.05) is 34.9 Å². The third-order valence-electron chi connectivity index (χ3n) is 9.16. The summed E-state index contributed by atoms with van der Waals surface area (Å²) in [5.74, 6) is 0.904. The molecule has 2 heterocycles. The Morgan fingerprint density at radius 3 is 2.12 bits per heavy atom. The van der Waals surface area contributed by atoms with E-state index >= 15 is 0 Å². The molecule has 1 aliphatic rings. The first-order chi connectivity index (χ1) is 20.0. The Morgan fingerprint density at radius 1 is 0.805 bits per heavy atom. The summed E-state index contributed by atoms with van der Waals surface area (Å²) in [6.45, 7) is 12.5. The number of benzene rings is 1. The quantitative estimate of drug-likeness (QED) is 0.156. The molecule has 1 saturated carbocycles. The molecule has 1 fully saturated rings. The molecule has 3 aromatic rings. The molecular weight excluding hydrogens is 504 g/mol. The molecule has 0 aliphatic heterocycles. The fourth-order valence-electron chi connectivity index (χ4n) is 6.51. The van der Waals surface area contributed by atoms with Crippen LogP contribution in [0.2, 0.25) is 0 Å². The van der Waals surface area contributed by atoms with Gasteiger partial charge in [-0.05, 0) is 106 Å². The lowest BCUT2D eigenvalue weighted by atomic mass is 9.90. The fourth-order valence-corrected chi connectivity index (χ4v) is 6.51. The normalized spacial score (nSPS) is 17.1. The van der Waals surface area contributed by atoms with E-state index < -0.39 is 0 Å².